The van der Waals surface area contributed by atoms with Gasteiger partial charge in [0, 0.05) is 6.20 Å². The van der Waals surface area contributed by atoms with Crippen LogP contribution in [0.4, 0.5) is 0 Å². The lowest BCUT2D eigenvalue weighted by molar-refractivity contribution is 0.116. The summed E-state index contributed by atoms with van der Waals surface area (Å²) in [5.41, 5.74) is 0.668. The molecule has 0 saturated carbocycles. The molecule has 0 amide bonds. The first-order valence-corrected chi connectivity index (χ1v) is 5.59. The highest BCUT2D eigenvalue weighted by Crippen LogP contribution is 2.14. The Labute approximate surface area is 99.5 Å². The van der Waals surface area contributed by atoms with Crippen LogP contribution in [-0.4, -0.2) is 26.3 Å². The van der Waals surface area contributed by atoms with Gasteiger partial charge in [-0.15, -0.1) is 0 Å². The first kappa shape index (κ1) is 11.7. The zero-order valence-corrected chi connectivity index (χ0v) is 9.87. The van der Waals surface area contributed by atoms with Crippen molar-refractivity contribution in [3.8, 4) is 11.5 Å². The second kappa shape index (κ2) is 5.05. The minimum atomic E-state index is -0.466. The number of nitrogens with zero attached hydrogens (tertiary/aromatic N) is 3. The summed E-state index contributed by atoms with van der Waals surface area (Å²) in [5, 5.41) is 13.6. The molecular formula is C12H15N3O2. The maximum atomic E-state index is 9.72. The molecule has 0 aliphatic carbocycles. The van der Waals surface area contributed by atoms with Crippen LogP contribution in [0.3, 0.4) is 0 Å². The van der Waals surface area contributed by atoms with Crippen molar-refractivity contribution in [3.05, 3.63) is 30.3 Å². The smallest absolute Gasteiger partial charge is 0.229 e. The Hall–Kier alpha value is -1.75. The number of aromatic nitrogens is 3. The Morgan fingerprint density at radius 3 is 2.82 bits per heavy atom. The quantitative estimate of drug-likeness (QED) is 0.870. The van der Waals surface area contributed by atoms with Gasteiger partial charge in [0.15, 0.2) is 0 Å². The van der Waals surface area contributed by atoms with Crippen molar-refractivity contribution >= 4 is 0 Å². The molecule has 1 unspecified atom stereocenters. The third-order valence-corrected chi connectivity index (χ3v) is 2.52. The molecule has 0 aromatic carbocycles. The Balaban J connectivity index is 2.12. The third kappa shape index (κ3) is 2.88. The van der Waals surface area contributed by atoms with E-state index in [1.807, 2.05) is 32.0 Å². The lowest BCUT2D eigenvalue weighted by Gasteiger charge is -2.10. The first-order valence-electron chi connectivity index (χ1n) is 5.59. The summed E-state index contributed by atoms with van der Waals surface area (Å²) in [6.07, 6.45) is 1.58. The molecule has 0 aliphatic heterocycles. The SMILES string of the molecule is CC(C)C(O)Cc1nc(-c2ccccn2)no1. The van der Waals surface area contributed by atoms with E-state index in [0.29, 0.717) is 23.8 Å². The van der Waals surface area contributed by atoms with Crippen molar-refractivity contribution in [2.75, 3.05) is 0 Å². The summed E-state index contributed by atoms with van der Waals surface area (Å²) in [6.45, 7) is 3.89. The van der Waals surface area contributed by atoms with Gasteiger partial charge in [-0.1, -0.05) is 25.1 Å². The fraction of sp³-hybridized carbons (Fsp3) is 0.417. The number of aliphatic hydroxyl groups is 1. The van der Waals surface area contributed by atoms with Gasteiger partial charge in [0.2, 0.25) is 11.7 Å². The molecule has 0 saturated heterocycles. The predicted octanol–water partition coefficient (Wildman–Crippen LogP) is 1.69. The average Bonchev–Trinajstić information content (AvgIpc) is 2.78. The molecule has 1 N–H and O–H groups in total. The van der Waals surface area contributed by atoms with Gasteiger partial charge in [-0.3, -0.25) is 4.98 Å². The van der Waals surface area contributed by atoms with Crippen LogP contribution in [0, 0.1) is 5.92 Å². The normalized spacial score (nSPS) is 12.9. The topological polar surface area (TPSA) is 72.0 Å². The molecule has 2 rings (SSSR count). The van der Waals surface area contributed by atoms with Crippen LogP contribution in [-0.2, 0) is 6.42 Å². The van der Waals surface area contributed by atoms with E-state index in [1.54, 1.807) is 6.20 Å². The molecule has 0 fully saturated rings. The molecular weight excluding hydrogens is 218 g/mol. The average molecular weight is 233 g/mol. The zero-order chi connectivity index (χ0) is 12.3. The number of hydrogen-bond donors (Lipinski definition) is 1. The van der Waals surface area contributed by atoms with Crippen molar-refractivity contribution in [3.63, 3.8) is 0 Å². The van der Waals surface area contributed by atoms with Gasteiger partial charge in [0.25, 0.3) is 0 Å². The summed E-state index contributed by atoms with van der Waals surface area (Å²) in [4.78, 5) is 8.33. The molecule has 5 heteroatoms. The van der Waals surface area contributed by atoms with Gasteiger partial charge >= 0.3 is 0 Å². The van der Waals surface area contributed by atoms with Crippen LogP contribution >= 0.6 is 0 Å². The highest BCUT2D eigenvalue weighted by atomic mass is 16.5. The number of hydrogen-bond acceptors (Lipinski definition) is 5. The standard InChI is InChI=1S/C12H15N3O2/c1-8(2)10(16)7-11-14-12(15-17-11)9-5-3-4-6-13-9/h3-6,8,10,16H,7H2,1-2H3. The van der Waals surface area contributed by atoms with Gasteiger partial charge in [-0.2, -0.15) is 4.98 Å². The highest BCUT2D eigenvalue weighted by molar-refractivity contribution is 5.46. The molecule has 0 spiro atoms. The summed E-state index contributed by atoms with van der Waals surface area (Å²) in [6, 6.07) is 5.50. The minimum absolute atomic E-state index is 0.167. The maximum absolute atomic E-state index is 9.72. The number of pyridine rings is 1. The Bertz CT molecular complexity index is 468. The van der Waals surface area contributed by atoms with Crippen LogP contribution in [0.15, 0.2) is 28.9 Å². The molecule has 0 radical (unpaired) electrons. The Morgan fingerprint density at radius 2 is 2.18 bits per heavy atom. The van der Waals surface area contributed by atoms with Crippen molar-refractivity contribution in [2.24, 2.45) is 5.92 Å². The molecule has 2 aromatic heterocycles. The largest absolute Gasteiger partial charge is 0.392 e. The highest BCUT2D eigenvalue weighted by Gasteiger charge is 2.16. The molecule has 5 nitrogen and oxygen atoms in total. The van der Waals surface area contributed by atoms with Gasteiger partial charge in [0.05, 0.1) is 12.5 Å². The monoisotopic (exact) mass is 233 g/mol. The summed E-state index contributed by atoms with van der Waals surface area (Å²) < 4.78 is 5.08. The second-order valence-electron chi connectivity index (χ2n) is 4.24. The van der Waals surface area contributed by atoms with Crippen LogP contribution in [0.1, 0.15) is 19.7 Å². The predicted molar refractivity (Wildman–Crippen MR) is 62.1 cm³/mol. The van der Waals surface area contributed by atoms with E-state index in [9.17, 15) is 5.11 Å². The van der Waals surface area contributed by atoms with E-state index >= 15 is 0 Å². The Morgan fingerprint density at radius 1 is 1.35 bits per heavy atom. The number of rotatable bonds is 4. The zero-order valence-electron chi connectivity index (χ0n) is 9.87. The van der Waals surface area contributed by atoms with E-state index in [0.717, 1.165) is 0 Å². The van der Waals surface area contributed by atoms with Crippen molar-refractivity contribution in [2.45, 2.75) is 26.4 Å². The van der Waals surface area contributed by atoms with Gasteiger partial charge in [-0.05, 0) is 18.1 Å². The fourth-order valence-electron chi connectivity index (χ4n) is 1.35. The first-order chi connectivity index (χ1) is 8.16. The summed E-state index contributed by atoms with van der Waals surface area (Å²) in [7, 11) is 0. The van der Waals surface area contributed by atoms with Crippen molar-refractivity contribution in [1.82, 2.24) is 15.1 Å². The van der Waals surface area contributed by atoms with Crippen LogP contribution in [0.25, 0.3) is 11.5 Å². The second-order valence-corrected chi connectivity index (χ2v) is 4.24. The van der Waals surface area contributed by atoms with E-state index in [2.05, 4.69) is 15.1 Å². The Kier molecular flexibility index (Phi) is 3.49. The van der Waals surface area contributed by atoms with Crippen LogP contribution < -0.4 is 0 Å². The van der Waals surface area contributed by atoms with Gasteiger partial charge in [0.1, 0.15) is 5.69 Å². The lowest BCUT2D eigenvalue weighted by atomic mass is 10.0. The van der Waals surface area contributed by atoms with Crippen LogP contribution in [0.2, 0.25) is 0 Å². The molecule has 0 aliphatic rings. The third-order valence-electron chi connectivity index (χ3n) is 2.52. The molecule has 17 heavy (non-hydrogen) atoms. The molecule has 1 atom stereocenters. The van der Waals surface area contributed by atoms with Crippen LogP contribution in [0.5, 0.6) is 0 Å². The van der Waals surface area contributed by atoms with E-state index in [1.165, 1.54) is 0 Å². The summed E-state index contributed by atoms with van der Waals surface area (Å²) in [5.74, 6) is 1.06. The van der Waals surface area contributed by atoms with Gasteiger partial charge in [-0.25, -0.2) is 0 Å². The minimum Gasteiger partial charge on any atom is -0.392 e. The number of aliphatic hydroxyl groups excluding tert-OH is 1. The summed E-state index contributed by atoms with van der Waals surface area (Å²) >= 11 is 0. The van der Waals surface area contributed by atoms with E-state index in [-0.39, 0.29) is 5.92 Å². The lowest BCUT2D eigenvalue weighted by Crippen LogP contribution is -2.17. The van der Waals surface area contributed by atoms with Gasteiger partial charge < -0.3 is 9.63 Å². The maximum Gasteiger partial charge on any atom is 0.229 e. The molecule has 90 valence electrons. The molecule has 2 aromatic rings. The van der Waals surface area contributed by atoms with E-state index < -0.39 is 6.10 Å². The van der Waals surface area contributed by atoms with Crippen molar-refractivity contribution in [1.29, 1.82) is 0 Å². The van der Waals surface area contributed by atoms with Crippen molar-refractivity contribution < 1.29 is 9.63 Å². The molecule has 0 bridgehead atoms. The fourth-order valence-corrected chi connectivity index (χ4v) is 1.35. The van der Waals surface area contributed by atoms with E-state index in [4.69, 9.17) is 4.52 Å². The molecule has 2 heterocycles.